The lowest BCUT2D eigenvalue weighted by Crippen LogP contribution is -2.13. The fourth-order valence-electron chi connectivity index (χ4n) is 2.46. The number of nitrogens with zero attached hydrogens (tertiary/aromatic N) is 3. The third kappa shape index (κ3) is 3.97. The number of aromatic nitrogens is 3. The molecule has 1 aromatic carbocycles. The Bertz CT molecular complexity index is 776. The van der Waals surface area contributed by atoms with Gasteiger partial charge in [-0.15, -0.1) is 0 Å². The van der Waals surface area contributed by atoms with Gasteiger partial charge < -0.3 is 5.32 Å². The van der Waals surface area contributed by atoms with Crippen LogP contribution in [0.2, 0.25) is 5.02 Å². The predicted octanol–water partition coefficient (Wildman–Crippen LogP) is 3.83. The first kappa shape index (κ1) is 15.7. The molecule has 1 N–H and O–H groups in total. The van der Waals surface area contributed by atoms with E-state index in [-0.39, 0.29) is 0 Å². The summed E-state index contributed by atoms with van der Waals surface area (Å²) < 4.78 is 1.86. The Labute approximate surface area is 141 Å². The van der Waals surface area contributed by atoms with E-state index in [2.05, 4.69) is 21.5 Å². The van der Waals surface area contributed by atoms with Gasteiger partial charge >= 0.3 is 0 Å². The second kappa shape index (κ2) is 6.94. The molecular formula is C18H19ClN4. The van der Waals surface area contributed by atoms with Crippen LogP contribution in [0.4, 0.5) is 0 Å². The van der Waals surface area contributed by atoms with E-state index in [1.807, 2.05) is 61.1 Å². The highest BCUT2D eigenvalue weighted by Crippen LogP contribution is 2.11. The standard InChI is InChI=1S/C18H19ClN4/c1-13-9-14(2)23(22-13)18-8-5-16(12-21-18)11-20-10-15-3-6-17(19)7-4-15/h3-9,12,20H,10-11H2,1-2H3. The molecule has 3 aromatic rings. The molecule has 0 unspecified atom stereocenters. The summed E-state index contributed by atoms with van der Waals surface area (Å²) in [4.78, 5) is 4.50. The highest BCUT2D eigenvalue weighted by Gasteiger charge is 2.04. The number of hydrogen-bond donors (Lipinski definition) is 1. The molecule has 118 valence electrons. The maximum absolute atomic E-state index is 5.88. The molecule has 0 aliphatic rings. The fraction of sp³-hybridized carbons (Fsp3) is 0.222. The van der Waals surface area contributed by atoms with Crippen molar-refractivity contribution >= 4 is 11.6 Å². The summed E-state index contributed by atoms with van der Waals surface area (Å²) in [5.74, 6) is 0.844. The number of nitrogens with one attached hydrogen (secondary N) is 1. The Morgan fingerprint density at radius 2 is 1.70 bits per heavy atom. The summed E-state index contributed by atoms with van der Waals surface area (Å²) in [5, 5.41) is 8.62. The topological polar surface area (TPSA) is 42.7 Å². The fourth-order valence-corrected chi connectivity index (χ4v) is 2.59. The van der Waals surface area contributed by atoms with Crippen LogP contribution < -0.4 is 5.32 Å². The van der Waals surface area contributed by atoms with Gasteiger partial charge in [0.15, 0.2) is 5.82 Å². The van der Waals surface area contributed by atoms with Crippen LogP contribution in [0, 0.1) is 13.8 Å². The summed E-state index contributed by atoms with van der Waals surface area (Å²) in [5.41, 5.74) is 4.44. The zero-order valence-corrected chi connectivity index (χ0v) is 14.0. The van der Waals surface area contributed by atoms with Crippen LogP contribution >= 0.6 is 11.6 Å². The molecule has 0 fully saturated rings. The smallest absolute Gasteiger partial charge is 0.153 e. The SMILES string of the molecule is Cc1cc(C)n(-c2ccc(CNCc3ccc(Cl)cc3)cn2)n1. The average Bonchev–Trinajstić information content (AvgIpc) is 2.89. The maximum Gasteiger partial charge on any atom is 0.153 e. The van der Waals surface area contributed by atoms with Crippen molar-refractivity contribution in [3.05, 3.63) is 76.2 Å². The number of halogens is 1. The van der Waals surface area contributed by atoms with E-state index in [0.717, 1.165) is 40.9 Å². The van der Waals surface area contributed by atoms with Gasteiger partial charge in [0.2, 0.25) is 0 Å². The van der Waals surface area contributed by atoms with Crippen LogP contribution in [-0.4, -0.2) is 14.8 Å². The first-order valence-corrected chi connectivity index (χ1v) is 7.93. The summed E-state index contributed by atoms with van der Waals surface area (Å²) in [6, 6.07) is 14.0. The predicted molar refractivity (Wildman–Crippen MR) is 92.8 cm³/mol. The van der Waals surface area contributed by atoms with E-state index in [4.69, 9.17) is 11.6 Å². The van der Waals surface area contributed by atoms with Crippen molar-refractivity contribution < 1.29 is 0 Å². The summed E-state index contributed by atoms with van der Waals surface area (Å²) >= 11 is 5.88. The second-order valence-electron chi connectivity index (χ2n) is 5.59. The largest absolute Gasteiger partial charge is 0.309 e. The van der Waals surface area contributed by atoms with Gasteiger partial charge in [-0.3, -0.25) is 0 Å². The lowest BCUT2D eigenvalue weighted by molar-refractivity contribution is 0.690. The third-order valence-corrected chi connectivity index (χ3v) is 3.86. The molecule has 0 spiro atoms. The van der Waals surface area contributed by atoms with E-state index in [0.29, 0.717) is 0 Å². The number of aryl methyl sites for hydroxylation is 2. The van der Waals surface area contributed by atoms with Gasteiger partial charge in [0, 0.05) is 30.0 Å². The van der Waals surface area contributed by atoms with Gasteiger partial charge in [-0.2, -0.15) is 5.10 Å². The second-order valence-corrected chi connectivity index (χ2v) is 6.03. The van der Waals surface area contributed by atoms with E-state index < -0.39 is 0 Å². The van der Waals surface area contributed by atoms with Crippen LogP contribution in [0.25, 0.3) is 5.82 Å². The van der Waals surface area contributed by atoms with Crippen LogP contribution in [0.15, 0.2) is 48.7 Å². The average molecular weight is 327 g/mol. The van der Waals surface area contributed by atoms with Crippen molar-refractivity contribution in [2.75, 3.05) is 0 Å². The van der Waals surface area contributed by atoms with E-state index in [1.165, 1.54) is 5.56 Å². The monoisotopic (exact) mass is 326 g/mol. The van der Waals surface area contributed by atoms with Crippen molar-refractivity contribution in [3.63, 3.8) is 0 Å². The molecule has 0 bridgehead atoms. The van der Waals surface area contributed by atoms with Gasteiger partial charge in [0.1, 0.15) is 0 Å². The van der Waals surface area contributed by atoms with E-state index in [1.54, 1.807) is 0 Å². The van der Waals surface area contributed by atoms with Gasteiger partial charge in [-0.1, -0.05) is 29.8 Å². The maximum atomic E-state index is 5.88. The molecule has 23 heavy (non-hydrogen) atoms. The molecule has 3 rings (SSSR count). The first-order valence-electron chi connectivity index (χ1n) is 7.55. The Balaban J connectivity index is 1.59. The molecule has 4 nitrogen and oxygen atoms in total. The molecule has 2 heterocycles. The normalized spacial score (nSPS) is 10.9. The molecule has 2 aromatic heterocycles. The van der Waals surface area contributed by atoms with Crippen LogP contribution in [0.5, 0.6) is 0 Å². The molecule has 5 heteroatoms. The van der Waals surface area contributed by atoms with Crippen molar-refractivity contribution in [1.82, 2.24) is 20.1 Å². The third-order valence-electron chi connectivity index (χ3n) is 3.61. The van der Waals surface area contributed by atoms with Crippen LogP contribution in [-0.2, 0) is 13.1 Å². The number of pyridine rings is 1. The van der Waals surface area contributed by atoms with Crippen molar-refractivity contribution in [2.24, 2.45) is 0 Å². The van der Waals surface area contributed by atoms with Gasteiger partial charge in [-0.25, -0.2) is 9.67 Å². The molecule has 0 atom stereocenters. The Morgan fingerprint density at radius 3 is 2.30 bits per heavy atom. The molecule has 0 saturated heterocycles. The molecule has 0 amide bonds. The summed E-state index contributed by atoms with van der Waals surface area (Å²) in [6.07, 6.45) is 1.89. The van der Waals surface area contributed by atoms with Crippen molar-refractivity contribution in [2.45, 2.75) is 26.9 Å². The van der Waals surface area contributed by atoms with E-state index in [9.17, 15) is 0 Å². The molecule has 0 saturated carbocycles. The summed E-state index contributed by atoms with van der Waals surface area (Å²) in [7, 11) is 0. The van der Waals surface area contributed by atoms with Gasteiger partial charge in [-0.05, 0) is 49.2 Å². The van der Waals surface area contributed by atoms with Gasteiger partial charge in [0.05, 0.1) is 5.69 Å². The highest BCUT2D eigenvalue weighted by molar-refractivity contribution is 6.30. The Morgan fingerprint density at radius 1 is 1.00 bits per heavy atom. The zero-order chi connectivity index (χ0) is 16.2. The minimum absolute atomic E-state index is 0.762. The van der Waals surface area contributed by atoms with Crippen LogP contribution in [0.3, 0.4) is 0 Å². The molecule has 0 aliphatic carbocycles. The number of rotatable bonds is 5. The lowest BCUT2D eigenvalue weighted by atomic mass is 10.2. The quantitative estimate of drug-likeness (QED) is 0.775. The molecule has 0 aliphatic heterocycles. The first-order chi connectivity index (χ1) is 11.1. The molecule has 0 radical (unpaired) electrons. The van der Waals surface area contributed by atoms with Gasteiger partial charge in [0.25, 0.3) is 0 Å². The van der Waals surface area contributed by atoms with Crippen molar-refractivity contribution in [1.29, 1.82) is 0 Å². The number of benzene rings is 1. The van der Waals surface area contributed by atoms with E-state index >= 15 is 0 Å². The zero-order valence-electron chi connectivity index (χ0n) is 13.3. The van der Waals surface area contributed by atoms with Crippen LogP contribution in [0.1, 0.15) is 22.5 Å². The molecular weight excluding hydrogens is 308 g/mol. The minimum Gasteiger partial charge on any atom is -0.309 e. The van der Waals surface area contributed by atoms with Crippen molar-refractivity contribution in [3.8, 4) is 5.82 Å². The minimum atomic E-state index is 0.762. The Hall–Kier alpha value is -2.17. The number of hydrogen-bond acceptors (Lipinski definition) is 3. The Kier molecular flexibility index (Phi) is 4.74. The lowest BCUT2D eigenvalue weighted by Gasteiger charge is -2.07. The highest BCUT2D eigenvalue weighted by atomic mass is 35.5. The summed E-state index contributed by atoms with van der Waals surface area (Å²) in [6.45, 7) is 5.59.